The molecule has 4 aromatic carbocycles. The summed E-state index contributed by atoms with van der Waals surface area (Å²) >= 11 is 0. The molecule has 0 bridgehead atoms. The van der Waals surface area contributed by atoms with Gasteiger partial charge in [0.05, 0.1) is 18.1 Å². The predicted octanol–water partition coefficient (Wildman–Crippen LogP) is 8.32. The zero-order chi connectivity index (χ0) is 26.0. The van der Waals surface area contributed by atoms with Gasteiger partial charge < -0.3 is 4.74 Å². The molecule has 0 fully saturated rings. The lowest BCUT2D eigenvalue weighted by Crippen LogP contribution is -2.26. The van der Waals surface area contributed by atoms with Crippen molar-refractivity contribution in [3.8, 4) is 22.3 Å². The summed E-state index contributed by atoms with van der Waals surface area (Å²) in [5, 5.41) is 0. The Morgan fingerprint density at radius 3 is 2.13 bits per heavy atom. The number of hydrogen-bond donors (Lipinski definition) is 0. The number of allylic oxidation sites excluding steroid dienone is 5. The fourth-order valence-corrected chi connectivity index (χ4v) is 6.56. The van der Waals surface area contributed by atoms with E-state index in [-0.39, 0.29) is 0 Å². The molecule has 0 saturated heterocycles. The average molecular weight is 497 g/mol. The molecule has 2 aliphatic rings. The summed E-state index contributed by atoms with van der Waals surface area (Å²) < 4.78 is 15.5. The first-order valence-corrected chi connectivity index (χ1v) is 12.6. The largest absolute Gasteiger partial charge is 0.465 e. The van der Waals surface area contributed by atoms with Crippen molar-refractivity contribution >= 4 is 22.7 Å². The number of benzene rings is 4. The third-order valence-electron chi connectivity index (χ3n) is 7.96. The van der Waals surface area contributed by atoms with Crippen LogP contribution < -0.4 is 0 Å². The molecule has 5 aromatic rings. The molecule has 1 spiro atoms. The Morgan fingerprint density at radius 1 is 0.816 bits per heavy atom. The summed E-state index contributed by atoms with van der Waals surface area (Å²) in [6.45, 7) is 6.16. The molecule has 1 atom stereocenters. The van der Waals surface area contributed by atoms with Gasteiger partial charge in [0.15, 0.2) is 0 Å². The van der Waals surface area contributed by atoms with Crippen molar-refractivity contribution in [1.29, 1.82) is 0 Å². The number of esters is 1. The molecular formula is C34H24O4. The molecule has 1 heterocycles. The van der Waals surface area contributed by atoms with Crippen LogP contribution in [-0.4, -0.2) is 13.1 Å². The summed E-state index contributed by atoms with van der Waals surface area (Å²) in [4.78, 5) is 12.9. The van der Waals surface area contributed by atoms with Gasteiger partial charge in [-0.3, -0.25) is 9.15 Å². The highest BCUT2D eigenvalue weighted by atomic mass is 17.0. The van der Waals surface area contributed by atoms with Crippen LogP contribution in [-0.2, 0) is 10.2 Å². The fraction of sp³-hybridized carbons (Fsp3) is 0.0882. The molecule has 0 aliphatic heterocycles. The highest BCUT2D eigenvalue weighted by Crippen LogP contribution is 2.64. The van der Waals surface area contributed by atoms with E-state index in [0.29, 0.717) is 16.7 Å². The van der Waals surface area contributed by atoms with Crippen molar-refractivity contribution in [2.45, 2.75) is 12.3 Å². The fourth-order valence-electron chi connectivity index (χ4n) is 6.56. The smallest absolute Gasteiger partial charge is 0.338 e. The van der Waals surface area contributed by atoms with E-state index in [1.807, 2.05) is 12.1 Å². The lowest BCUT2D eigenvalue weighted by atomic mass is 9.70. The topological polar surface area (TPSA) is 52.6 Å². The molecule has 0 saturated carbocycles. The zero-order valence-electron chi connectivity index (χ0n) is 21.1. The Morgan fingerprint density at radius 2 is 1.45 bits per heavy atom. The molecule has 1 unspecified atom stereocenters. The molecule has 4 nitrogen and oxygen atoms in total. The van der Waals surface area contributed by atoms with Crippen molar-refractivity contribution < 1.29 is 18.7 Å². The number of carbonyl (C=O) groups is 1. The first kappa shape index (κ1) is 22.4. The molecule has 2 aliphatic carbocycles. The second-order valence-corrected chi connectivity index (χ2v) is 9.59. The van der Waals surface area contributed by atoms with Gasteiger partial charge in [0.2, 0.25) is 11.2 Å². The first-order chi connectivity index (χ1) is 18.6. The van der Waals surface area contributed by atoms with Crippen LogP contribution in [0.3, 0.4) is 0 Å². The van der Waals surface area contributed by atoms with Crippen LogP contribution in [0.15, 0.2) is 118 Å². The van der Waals surface area contributed by atoms with Crippen molar-refractivity contribution in [3.63, 3.8) is 0 Å². The van der Waals surface area contributed by atoms with Crippen LogP contribution >= 0.6 is 0 Å². The number of methoxy groups -OCH3 is 1. The molecule has 0 radical (unpaired) electrons. The van der Waals surface area contributed by atoms with Crippen LogP contribution in [0.25, 0.3) is 39.0 Å². The SMILES string of the molecule is C=C/C=C1\C(=C/C)c2ccccc2C12c1ccccc1-c1c(-c3cc4ooc4cc3C(=O)OC)cccc12. The van der Waals surface area contributed by atoms with E-state index < -0.39 is 11.4 Å². The Bertz CT molecular complexity index is 1860. The van der Waals surface area contributed by atoms with Crippen molar-refractivity contribution in [1.82, 2.24) is 0 Å². The van der Waals surface area contributed by atoms with Crippen LogP contribution in [0.2, 0.25) is 0 Å². The number of ether oxygens (including phenoxy) is 1. The minimum atomic E-state index is -0.514. The van der Waals surface area contributed by atoms with Gasteiger partial charge in [-0.05, 0) is 63.1 Å². The molecule has 38 heavy (non-hydrogen) atoms. The van der Waals surface area contributed by atoms with Gasteiger partial charge in [-0.2, -0.15) is 0 Å². The van der Waals surface area contributed by atoms with Gasteiger partial charge in [-0.25, -0.2) is 4.79 Å². The first-order valence-electron chi connectivity index (χ1n) is 12.6. The number of carbonyl (C=O) groups excluding carboxylic acids is 1. The average Bonchev–Trinajstić information content (AvgIpc) is 3.40. The third-order valence-corrected chi connectivity index (χ3v) is 7.96. The molecular weight excluding hydrogens is 472 g/mol. The van der Waals surface area contributed by atoms with E-state index in [1.165, 1.54) is 40.5 Å². The monoisotopic (exact) mass is 496 g/mol. The summed E-state index contributed by atoms with van der Waals surface area (Å²) in [5.41, 5.74) is 12.2. The minimum Gasteiger partial charge on any atom is -0.465 e. The van der Waals surface area contributed by atoms with Crippen LogP contribution in [0, 0.1) is 0 Å². The lowest BCUT2D eigenvalue weighted by Gasteiger charge is -2.31. The predicted molar refractivity (Wildman–Crippen MR) is 149 cm³/mol. The van der Waals surface area contributed by atoms with Gasteiger partial charge in [0, 0.05) is 11.6 Å². The molecule has 4 heteroatoms. The van der Waals surface area contributed by atoms with Gasteiger partial charge >= 0.3 is 5.97 Å². The lowest BCUT2D eigenvalue weighted by molar-refractivity contribution is 0.0566. The second kappa shape index (κ2) is 8.09. The highest BCUT2D eigenvalue weighted by molar-refractivity contribution is 6.07. The summed E-state index contributed by atoms with van der Waals surface area (Å²) in [6.07, 6.45) is 6.21. The second-order valence-electron chi connectivity index (χ2n) is 9.59. The number of hydrogen-bond acceptors (Lipinski definition) is 4. The Kier molecular flexibility index (Phi) is 4.76. The van der Waals surface area contributed by atoms with Gasteiger partial charge in [0.1, 0.15) is 0 Å². The molecule has 7 rings (SSSR count). The standard InChI is InChI=1S/C34H24O4/c1-4-11-26-20(5-2)21-12-6-8-15-27(21)34(26)28-16-9-7-13-23(28)32-22(14-10-17-29(32)34)24-18-30-31(38-37-30)19-25(24)33(35)36-3/h4-19H,1H2,2-3H3/b20-5-,26-11+. The van der Waals surface area contributed by atoms with Gasteiger partial charge in [-0.1, -0.05) is 91.5 Å². The third kappa shape index (κ3) is 2.67. The van der Waals surface area contributed by atoms with Crippen LogP contribution in [0.1, 0.15) is 39.5 Å². The Labute approximate surface area is 220 Å². The molecule has 0 N–H and O–H groups in total. The van der Waals surface area contributed by atoms with Gasteiger partial charge in [0.25, 0.3) is 0 Å². The van der Waals surface area contributed by atoms with Crippen molar-refractivity contribution in [2.75, 3.05) is 7.11 Å². The Hall–Kier alpha value is -4.83. The normalized spacial score (nSPS) is 19.2. The maximum atomic E-state index is 12.9. The Balaban J connectivity index is 1.64. The van der Waals surface area contributed by atoms with Crippen LogP contribution in [0.4, 0.5) is 0 Å². The molecule has 184 valence electrons. The van der Waals surface area contributed by atoms with Crippen LogP contribution in [0.5, 0.6) is 0 Å². The van der Waals surface area contributed by atoms with E-state index >= 15 is 0 Å². The molecule has 0 amide bonds. The summed E-state index contributed by atoms with van der Waals surface area (Å²) in [5.74, 6) is -0.424. The number of fused-ring (bicyclic) bond motifs is 8. The zero-order valence-corrected chi connectivity index (χ0v) is 21.1. The maximum absolute atomic E-state index is 12.9. The highest BCUT2D eigenvalue weighted by Gasteiger charge is 2.53. The van der Waals surface area contributed by atoms with E-state index in [2.05, 4.69) is 92.4 Å². The van der Waals surface area contributed by atoms with E-state index in [0.717, 1.165) is 22.3 Å². The quantitative estimate of drug-likeness (QED) is 0.186. The van der Waals surface area contributed by atoms with Gasteiger partial charge in [-0.15, -0.1) is 0 Å². The van der Waals surface area contributed by atoms with Crippen molar-refractivity contribution in [3.05, 3.63) is 137 Å². The van der Waals surface area contributed by atoms with Crippen molar-refractivity contribution in [2.24, 2.45) is 0 Å². The van der Waals surface area contributed by atoms with E-state index in [1.54, 1.807) is 6.07 Å². The summed E-state index contributed by atoms with van der Waals surface area (Å²) in [7, 11) is 1.39. The minimum absolute atomic E-state index is 0.424. The maximum Gasteiger partial charge on any atom is 0.338 e. The van der Waals surface area contributed by atoms with E-state index in [9.17, 15) is 4.79 Å². The molecule has 1 aromatic heterocycles. The number of rotatable bonds is 3. The van der Waals surface area contributed by atoms with E-state index in [4.69, 9.17) is 13.9 Å². The summed E-state index contributed by atoms with van der Waals surface area (Å²) in [6, 6.07) is 27.1.